The predicted molar refractivity (Wildman–Crippen MR) is 146 cm³/mol. The van der Waals surface area contributed by atoms with Crippen LogP contribution >= 0.6 is 11.6 Å². The lowest BCUT2D eigenvalue weighted by Gasteiger charge is -2.14. The molecule has 3 heterocycles. The van der Waals surface area contributed by atoms with E-state index in [1.165, 1.54) is 6.33 Å². The van der Waals surface area contributed by atoms with Gasteiger partial charge in [0.2, 0.25) is 5.91 Å². The van der Waals surface area contributed by atoms with Crippen LogP contribution in [0.3, 0.4) is 0 Å². The number of pyridine rings is 1. The lowest BCUT2D eigenvalue weighted by atomic mass is 10.2. The first-order chi connectivity index (χ1) is 18.0. The molecule has 9 heteroatoms. The van der Waals surface area contributed by atoms with Crippen molar-refractivity contribution in [2.45, 2.75) is 25.5 Å². The zero-order valence-corrected chi connectivity index (χ0v) is 21.2. The molecule has 8 nitrogen and oxygen atoms in total. The number of fused-ring (bicyclic) bond motifs is 1. The van der Waals surface area contributed by atoms with Crippen molar-refractivity contribution in [2.75, 3.05) is 24.2 Å². The largest absolute Gasteiger partial charge is 0.486 e. The van der Waals surface area contributed by atoms with E-state index in [1.807, 2.05) is 48.5 Å². The molecule has 1 aliphatic heterocycles. The standard InChI is InChI=1S/C28H27ClN6O2/c1-35-14-4-6-22(35)9-12-27(36)33-19-7-10-25-23(15-19)28(32-18-31-25)34-20-8-11-26(24(29)16-20)37-17-21-5-2-3-13-30-21/h2-3,5,7-13,15-16,18,22H,4,6,14,17H2,1H3,(H,33,36)(H,31,32,34). The molecule has 0 radical (unpaired) electrons. The third-order valence-corrected chi connectivity index (χ3v) is 6.54. The van der Waals surface area contributed by atoms with Gasteiger partial charge in [-0.1, -0.05) is 23.7 Å². The van der Waals surface area contributed by atoms with Gasteiger partial charge in [-0.3, -0.25) is 14.7 Å². The minimum Gasteiger partial charge on any atom is -0.486 e. The Morgan fingerprint density at radius 3 is 2.81 bits per heavy atom. The Balaban J connectivity index is 1.28. The van der Waals surface area contributed by atoms with Gasteiger partial charge in [0.25, 0.3) is 0 Å². The number of rotatable bonds is 8. The predicted octanol–water partition coefficient (Wildman–Crippen LogP) is 5.59. The molecule has 4 aromatic rings. The number of hydrogen-bond donors (Lipinski definition) is 2. The Labute approximate surface area is 220 Å². The second-order valence-corrected chi connectivity index (χ2v) is 9.28. The van der Waals surface area contributed by atoms with Crippen molar-refractivity contribution in [3.05, 3.63) is 90.0 Å². The summed E-state index contributed by atoms with van der Waals surface area (Å²) in [7, 11) is 2.08. The van der Waals surface area contributed by atoms with Gasteiger partial charge in [0.15, 0.2) is 0 Å². The topological polar surface area (TPSA) is 92.3 Å². The fourth-order valence-electron chi connectivity index (χ4n) is 4.26. The Morgan fingerprint density at radius 1 is 1.14 bits per heavy atom. The van der Waals surface area contributed by atoms with E-state index in [-0.39, 0.29) is 5.91 Å². The van der Waals surface area contributed by atoms with Crippen LogP contribution in [0.4, 0.5) is 17.2 Å². The number of carbonyl (C=O) groups is 1. The maximum absolute atomic E-state index is 12.5. The summed E-state index contributed by atoms with van der Waals surface area (Å²) in [6.07, 6.45) is 9.02. The van der Waals surface area contributed by atoms with Crippen molar-refractivity contribution in [1.29, 1.82) is 0 Å². The van der Waals surface area contributed by atoms with E-state index >= 15 is 0 Å². The fourth-order valence-corrected chi connectivity index (χ4v) is 4.50. The van der Waals surface area contributed by atoms with Gasteiger partial charge in [-0.2, -0.15) is 0 Å². The summed E-state index contributed by atoms with van der Waals surface area (Å²) in [6.45, 7) is 1.38. The van der Waals surface area contributed by atoms with Crippen LogP contribution in [0.2, 0.25) is 5.02 Å². The molecule has 1 saturated heterocycles. The molecule has 0 aliphatic carbocycles. The van der Waals surface area contributed by atoms with Crippen molar-refractivity contribution in [2.24, 2.45) is 0 Å². The van der Waals surface area contributed by atoms with Crippen LogP contribution in [-0.4, -0.2) is 45.4 Å². The van der Waals surface area contributed by atoms with Gasteiger partial charge in [-0.25, -0.2) is 9.97 Å². The normalized spacial score (nSPS) is 15.8. The Hall–Kier alpha value is -4.01. The number of benzene rings is 2. The van der Waals surface area contributed by atoms with Crippen LogP contribution in [0.25, 0.3) is 10.9 Å². The lowest BCUT2D eigenvalue weighted by Crippen LogP contribution is -2.23. The van der Waals surface area contributed by atoms with Crippen molar-refractivity contribution >= 4 is 45.6 Å². The van der Waals surface area contributed by atoms with Gasteiger partial charge in [0.1, 0.15) is 24.5 Å². The number of nitrogens with zero attached hydrogens (tertiary/aromatic N) is 4. The van der Waals surface area contributed by atoms with E-state index in [0.29, 0.717) is 34.9 Å². The van der Waals surface area contributed by atoms with Gasteiger partial charge in [-0.15, -0.1) is 0 Å². The van der Waals surface area contributed by atoms with Gasteiger partial charge in [-0.05, 0) is 75.0 Å². The SMILES string of the molecule is CN1CCCC1C=CC(=O)Nc1ccc2ncnc(Nc3ccc(OCc4ccccn4)c(Cl)c3)c2c1. The monoisotopic (exact) mass is 514 g/mol. The molecule has 2 aromatic heterocycles. The summed E-state index contributed by atoms with van der Waals surface area (Å²) in [5.74, 6) is 0.994. The molecule has 0 saturated carbocycles. The molecule has 37 heavy (non-hydrogen) atoms. The average molecular weight is 515 g/mol. The number of carbonyl (C=O) groups excluding carboxylic acids is 1. The second kappa shape index (κ2) is 11.4. The van der Waals surface area contributed by atoms with Crippen LogP contribution < -0.4 is 15.4 Å². The minimum atomic E-state index is -0.168. The minimum absolute atomic E-state index is 0.168. The van der Waals surface area contributed by atoms with Gasteiger partial charge in [0.05, 0.1) is 16.2 Å². The highest BCUT2D eigenvalue weighted by Gasteiger charge is 2.18. The van der Waals surface area contributed by atoms with Crippen LogP contribution in [0, 0.1) is 0 Å². The number of aromatic nitrogens is 3. The van der Waals surface area contributed by atoms with E-state index in [9.17, 15) is 4.79 Å². The zero-order valence-electron chi connectivity index (χ0n) is 20.4. The molecule has 188 valence electrons. The highest BCUT2D eigenvalue weighted by molar-refractivity contribution is 6.32. The number of ether oxygens (including phenoxy) is 1. The highest BCUT2D eigenvalue weighted by atomic mass is 35.5. The molecule has 0 bridgehead atoms. The van der Waals surface area contributed by atoms with Crippen LogP contribution in [0.15, 0.2) is 79.3 Å². The summed E-state index contributed by atoms with van der Waals surface area (Å²) in [6, 6.07) is 17.0. The van der Waals surface area contributed by atoms with E-state index in [0.717, 1.165) is 41.7 Å². The molecular weight excluding hydrogens is 488 g/mol. The zero-order chi connectivity index (χ0) is 25.6. The fraction of sp³-hybridized carbons (Fsp3) is 0.214. The number of hydrogen-bond acceptors (Lipinski definition) is 7. The first-order valence-corrected chi connectivity index (χ1v) is 12.5. The van der Waals surface area contributed by atoms with E-state index in [4.69, 9.17) is 16.3 Å². The quantitative estimate of drug-likeness (QED) is 0.296. The number of nitrogens with one attached hydrogen (secondary N) is 2. The summed E-state index contributed by atoms with van der Waals surface area (Å²) < 4.78 is 5.81. The first-order valence-electron chi connectivity index (χ1n) is 12.1. The lowest BCUT2D eigenvalue weighted by molar-refractivity contribution is -0.111. The van der Waals surface area contributed by atoms with Crippen LogP contribution in [-0.2, 0) is 11.4 Å². The number of likely N-dealkylation sites (tertiary alicyclic amines) is 1. The van der Waals surface area contributed by atoms with E-state index < -0.39 is 0 Å². The maximum atomic E-state index is 12.5. The molecule has 1 aliphatic rings. The molecule has 1 unspecified atom stereocenters. The van der Waals surface area contributed by atoms with Crippen molar-refractivity contribution in [3.8, 4) is 5.75 Å². The number of halogens is 1. The highest BCUT2D eigenvalue weighted by Crippen LogP contribution is 2.31. The molecular formula is C28H27ClN6O2. The third-order valence-electron chi connectivity index (χ3n) is 6.25. The van der Waals surface area contributed by atoms with E-state index in [1.54, 1.807) is 24.4 Å². The summed E-state index contributed by atoms with van der Waals surface area (Å²) in [4.78, 5) is 27.8. The molecule has 2 aromatic carbocycles. The Bertz CT molecular complexity index is 1430. The molecule has 5 rings (SSSR count). The van der Waals surface area contributed by atoms with Gasteiger partial charge >= 0.3 is 0 Å². The van der Waals surface area contributed by atoms with Crippen molar-refractivity contribution in [1.82, 2.24) is 19.9 Å². The molecule has 1 fully saturated rings. The summed E-state index contributed by atoms with van der Waals surface area (Å²) in [5, 5.41) is 7.47. The van der Waals surface area contributed by atoms with Crippen molar-refractivity contribution in [3.63, 3.8) is 0 Å². The van der Waals surface area contributed by atoms with Crippen LogP contribution in [0.5, 0.6) is 5.75 Å². The smallest absolute Gasteiger partial charge is 0.248 e. The second-order valence-electron chi connectivity index (χ2n) is 8.87. The van der Waals surface area contributed by atoms with Gasteiger partial charge < -0.3 is 15.4 Å². The van der Waals surface area contributed by atoms with E-state index in [2.05, 4.69) is 37.5 Å². The maximum Gasteiger partial charge on any atom is 0.248 e. The molecule has 0 spiro atoms. The third kappa shape index (κ3) is 6.22. The number of amides is 1. The first kappa shape index (κ1) is 24.7. The van der Waals surface area contributed by atoms with Crippen LogP contribution in [0.1, 0.15) is 18.5 Å². The molecule has 1 atom stereocenters. The Morgan fingerprint density at radius 2 is 2.03 bits per heavy atom. The number of likely N-dealkylation sites (N-methyl/N-ethyl adjacent to an activating group) is 1. The van der Waals surface area contributed by atoms with Gasteiger partial charge in [0, 0.05) is 35.1 Å². The number of anilines is 3. The summed E-state index contributed by atoms with van der Waals surface area (Å²) in [5.41, 5.74) is 2.97. The Kier molecular flexibility index (Phi) is 7.58. The molecule has 2 N–H and O–H groups in total. The average Bonchev–Trinajstić information content (AvgIpc) is 3.32. The van der Waals surface area contributed by atoms with Crippen molar-refractivity contribution < 1.29 is 9.53 Å². The molecule has 1 amide bonds. The summed E-state index contributed by atoms with van der Waals surface area (Å²) >= 11 is 6.47.